The number of carbonyl (C=O) groups excluding carboxylic acids is 3. The Morgan fingerprint density at radius 3 is 2.69 bits per heavy atom. The van der Waals surface area contributed by atoms with Crippen molar-refractivity contribution in [2.24, 2.45) is 11.8 Å². The zero-order chi connectivity index (χ0) is 18.8. The molecule has 2 amide bonds. The van der Waals surface area contributed by atoms with Crippen molar-refractivity contribution >= 4 is 29.2 Å². The first kappa shape index (κ1) is 16.4. The van der Waals surface area contributed by atoms with Gasteiger partial charge in [0.15, 0.2) is 0 Å². The molecule has 1 aromatic carbocycles. The van der Waals surface area contributed by atoms with Gasteiger partial charge in [0.25, 0.3) is 0 Å². The molecule has 0 unspecified atom stereocenters. The van der Waals surface area contributed by atoms with Crippen LogP contribution in [0.2, 0.25) is 0 Å². The summed E-state index contributed by atoms with van der Waals surface area (Å²) < 4.78 is 10.5. The molecule has 4 rings (SSSR count). The molecule has 0 radical (unpaired) electrons. The number of imide groups is 1. The summed E-state index contributed by atoms with van der Waals surface area (Å²) in [5.74, 6) is -3.16. The van der Waals surface area contributed by atoms with Gasteiger partial charge in [0, 0.05) is 13.0 Å². The second-order valence-corrected chi connectivity index (χ2v) is 6.64. The molecule has 134 valence electrons. The van der Waals surface area contributed by atoms with Gasteiger partial charge in [-0.15, -0.1) is 0 Å². The first-order chi connectivity index (χ1) is 12.2. The number of nitro benzene ring substituents is 1. The molecule has 0 N–H and O–H groups in total. The summed E-state index contributed by atoms with van der Waals surface area (Å²) in [6, 6.07) is 3.61. The van der Waals surface area contributed by atoms with E-state index in [-0.39, 0.29) is 11.4 Å². The van der Waals surface area contributed by atoms with Crippen LogP contribution in [0, 0.1) is 22.0 Å². The number of benzene rings is 1. The second kappa shape index (κ2) is 5.21. The lowest BCUT2D eigenvalue weighted by molar-refractivity contribution is -0.385. The molecule has 0 saturated carbocycles. The minimum Gasteiger partial charge on any atom is -0.419 e. The van der Waals surface area contributed by atoms with Gasteiger partial charge in [0.1, 0.15) is 0 Å². The van der Waals surface area contributed by atoms with Crippen molar-refractivity contribution in [3.63, 3.8) is 0 Å². The Balaban J connectivity index is 1.74. The summed E-state index contributed by atoms with van der Waals surface area (Å²) in [7, 11) is 0. The molecular formula is C17H14N2O7. The highest BCUT2D eigenvalue weighted by atomic mass is 16.6. The first-order valence-corrected chi connectivity index (χ1v) is 7.95. The van der Waals surface area contributed by atoms with Crippen molar-refractivity contribution in [2.45, 2.75) is 25.6 Å². The Bertz CT molecular complexity index is 908. The van der Waals surface area contributed by atoms with E-state index in [0.717, 1.165) is 17.9 Å². The minimum atomic E-state index is -0.847. The lowest BCUT2D eigenvalue weighted by Gasteiger charge is -2.24. The van der Waals surface area contributed by atoms with Gasteiger partial charge in [0.2, 0.25) is 17.6 Å². The Morgan fingerprint density at radius 2 is 2.08 bits per heavy atom. The molecule has 9 heteroatoms. The number of ether oxygens (including phenoxy) is 2. The number of nitro groups is 1. The van der Waals surface area contributed by atoms with E-state index in [2.05, 4.69) is 0 Å². The van der Waals surface area contributed by atoms with Crippen LogP contribution in [0.25, 0.3) is 0 Å². The molecule has 2 fully saturated rings. The van der Waals surface area contributed by atoms with Crippen LogP contribution in [0.3, 0.4) is 0 Å². The quantitative estimate of drug-likeness (QED) is 0.200. The maximum absolute atomic E-state index is 12.9. The minimum absolute atomic E-state index is 0.0694. The van der Waals surface area contributed by atoms with E-state index < -0.39 is 51.9 Å². The van der Waals surface area contributed by atoms with Crippen LogP contribution in [0.15, 0.2) is 30.4 Å². The van der Waals surface area contributed by atoms with Gasteiger partial charge >= 0.3 is 11.7 Å². The van der Waals surface area contributed by atoms with Crippen molar-refractivity contribution in [3.8, 4) is 5.75 Å². The second-order valence-electron chi connectivity index (χ2n) is 6.64. The van der Waals surface area contributed by atoms with Crippen LogP contribution < -0.4 is 9.64 Å². The van der Waals surface area contributed by atoms with Crippen molar-refractivity contribution in [3.05, 3.63) is 40.5 Å². The van der Waals surface area contributed by atoms with Gasteiger partial charge in [-0.1, -0.05) is 12.2 Å². The number of esters is 1. The fraction of sp³-hybridized carbons (Fsp3) is 0.353. The smallest absolute Gasteiger partial charge is 0.313 e. The molecule has 9 nitrogen and oxygen atoms in total. The maximum Gasteiger partial charge on any atom is 0.313 e. The van der Waals surface area contributed by atoms with Crippen LogP contribution in [-0.2, 0) is 19.1 Å². The van der Waals surface area contributed by atoms with Crippen LogP contribution in [0.1, 0.15) is 13.8 Å². The number of carbonyl (C=O) groups is 3. The average molecular weight is 358 g/mol. The van der Waals surface area contributed by atoms with Crippen molar-refractivity contribution in [1.82, 2.24) is 0 Å². The standard InChI is InChI=1S/C17H14N2O7/c1-8(20)25-11-4-3-9(7-10(11)19(23)24)18-15(21)13-12-5-6-17(2,26-12)14(13)16(18)22/h3-7,12-14H,1-2H3/t12-,13-,14-,17-/m1/s1. The van der Waals surface area contributed by atoms with Gasteiger partial charge in [-0.2, -0.15) is 0 Å². The molecule has 0 aromatic heterocycles. The number of fused-ring (bicyclic) bond motifs is 5. The molecule has 2 saturated heterocycles. The Labute approximate surface area is 147 Å². The largest absolute Gasteiger partial charge is 0.419 e. The van der Waals surface area contributed by atoms with Crippen molar-refractivity contribution < 1.29 is 28.8 Å². The van der Waals surface area contributed by atoms with E-state index in [1.807, 2.05) is 0 Å². The van der Waals surface area contributed by atoms with Crippen LogP contribution in [0.5, 0.6) is 5.75 Å². The van der Waals surface area contributed by atoms with Crippen LogP contribution in [-0.4, -0.2) is 34.4 Å². The fourth-order valence-corrected chi connectivity index (χ4v) is 3.94. The predicted molar refractivity (Wildman–Crippen MR) is 86.3 cm³/mol. The van der Waals surface area contributed by atoms with E-state index >= 15 is 0 Å². The molecule has 1 aromatic rings. The predicted octanol–water partition coefficient (Wildman–Crippen LogP) is 1.35. The molecule has 3 heterocycles. The molecule has 4 atom stereocenters. The summed E-state index contributed by atoms with van der Waals surface area (Å²) in [6.07, 6.45) is 3.07. The third-order valence-corrected chi connectivity index (χ3v) is 4.98. The SMILES string of the molecule is CC(=O)Oc1ccc(N2C(=O)[C@@H]3[C@H]4C=C[C@@](C)(O4)[C@H]3C2=O)cc1[N+](=O)[O-]. The lowest BCUT2D eigenvalue weighted by atomic mass is 9.78. The van der Waals surface area contributed by atoms with E-state index in [0.29, 0.717) is 0 Å². The van der Waals surface area contributed by atoms with E-state index in [1.54, 1.807) is 19.1 Å². The third-order valence-electron chi connectivity index (χ3n) is 4.98. The molecule has 0 spiro atoms. The molecular weight excluding hydrogens is 344 g/mol. The molecule has 2 bridgehead atoms. The molecule has 0 aliphatic carbocycles. The highest BCUT2D eigenvalue weighted by Crippen LogP contribution is 2.52. The summed E-state index contributed by atoms with van der Waals surface area (Å²) in [6.45, 7) is 2.87. The fourth-order valence-electron chi connectivity index (χ4n) is 3.94. The number of amides is 2. The van der Waals surface area contributed by atoms with E-state index in [4.69, 9.17) is 9.47 Å². The highest BCUT2D eigenvalue weighted by Gasteiger charge is 2.66. The summed E-state index contributed by atoms with van der Waals surface area (Å²) in [4.78, 5) is 48.3. The number of rotatable bonds is 3. The lowest BCUT2D eigenvalue weighted by Crippen LogP contribution is -2.38. The normalized spacial score (nSPS) is 31.5. The number of anilines is 1. The average Bonchev–Trinajstić information content (AvgIpc) is 3.16. The van der Waals surface area contributed by atoms with Gasteiger partial charge in [-0.25, -0.2) is 4.90 Å². The van der Waals surface area contributed by atoms with Gasteiger partial charge in [-0.05, 0) is 19.1 Å². The monoisotopic (exact) mass is 358 g/mol. The van der Waals surface area contributed by atoms with Gasteiger partial charge < -0.3 is 9.47 Å². The van der Waals surface area contributed by atoms with E-state index in [1.165, 1.54) is 12.1 Å². The summed E-state index contributed by atoms with van der Waals surface area (Å²) >= 11 is 0. The zero-order valence-corrected chi connectivity index (χ0v) is 13.9. The van der Waals surface area contributed by atoms with Crippen molar-refractivity contribution in [2.75, 3.05) is 4.90 Å². The Hall–Kier alpha value is -3.07. The molecule has 26 heavy (non-hydrogen) atoms. The van der Waals surface area contributed by atoms with Gasteiger partial charge in [0.05, 0.1) is 34.2 Å². The van der Waals surface area contributed by atoms with Crippen molar-refractivity contribution in [1.29, 1.82) is 0 Å². The van der Waals surface area contributed by atoms with Crippen LogP contribution >= 0.6 is 0 Å². The van der Waals surface area contributed by atoms with Crippen LogP contribution in [0.4, 0.5) is 11.4 Å². The highest BCUT2D eigenvalue weighted by molar-refractivity contribution is 6.23. The Morgan fingerprint density at radius 1 is 1.35 bits per heavy atom. The number of hydrogen-bond donors (Lipinski definition) is 0. The maximum atomic E-state index is 12.9. The zero-order valence-electron chi connectivity index (χ0n) is 13.9. The molecule has 3 aliphatic heterocycles. The topological polar surface area (TPSA) is 116 Å². The van der Waals surface area contributed by atoms with E-state index in [9.17, 15) is 24.5 Å². The Kier molecular flexibility index (Phi) is 3.29. The molecule has 3 aliphatic rings. The summed E-state index contributed by atoms with van der Waals surface area (Å²) in [5, 5.41) is 11.3. The number of nitrogens with zero attached hydrogens (tertiary/aromatic N) is 2. The van der Waals surface area contributed by atoms with Gasteiger partial charge in [-0.3, -0.25) is 24.5 Å². The number of hydrogen-bond acceptors (Lipinski definition) is 7. The third kappa shape index (κ3) is 2.10. The summed E-state index contributed by atoms with van der Waals surface area (Å²) in [5.41, 5.74) is -1.28. The first-order valence-electron chi connectivity index (χ1n) is 7.95.